The first kappa shape index (κ1) is 17.3. The van der Waals surface area contributed by atoms with Gasteiger partial charge in [-0.3, -0.25) is 4.79 Å². The van der Waals surface area contributed by atoms with Crippen LogP contribution in [0.3, 0.4) is 0 Å². The zero-order chi connectivity index (χ0) is 19.7. The van der Waals surface area contributed by atoms with Crippen molar-refractivity contribution in [3.63, 3.8) is 0 Å². The van der Waals surface area contributed by atoms with Gasteiger partial charge in [0, 0.05) is 36.7 Å². The number of nitrogens with one attached hydrogen (secondary N) is 1. The number of carbonyl (C=O) groups is 1. The lowest BCUT2D eigenvalue weighted by Crippen LogP contribution is -2.51. The molecule has 29 heavy (non-hydrogen) atoms. The van der Waals surface area contributed by atoms with E-state index >= 15 is 0 Å². The average Bonchev–Trinajstić information content (AvgIpc) is 3.40. The number of β-amino-alcohol motifs (C(OH)–C–C–N with tert-alkyl or cyclic N) is 1. The Morgan fingerprint density at radius 2 is 1.97 bits per heavy atom. The highest BCUT2D eigenvalue weighted by Gasteiger charge is 2.61. The van der Waals surface area contributed by atoms with Crippen LogP contribution in [0.25, 0.3) is 0 Å². The van der Waals surface area contributed by atoms with Gasteiger partial charge in [0.25, 0.3) is 0 Å². The van der Waals surface area contributed by atoms with E-state index in [4.69, 9.17) is 4.74 Å². The molecule has 2 aromatic carbocycles. The van der Waals surface area contributed by atoms with E-state index < -0.39 is 0 Å². The zero-order valence-corrected chi connectivity index (χ0v) is 16.5. The smallest absolute Gasteiger partial charge is 0.224 e. The molecule has 2 fully saturated rings. The fraction of sp³-hybridized carbons (Fsp3) is 0.458. The minimum absolute atomic E-state index is 0.0260. The van der Waals surface area contributed by atoms with Crippen molar-refractivity contribution in [3.05, 3.63) is 59.2 Å². The third-order valence-corrected chi connectivity index (χ3v) is 7.86. The number of hydrogen-bond acceptors (Lipinski definition) is 4. The van der Waals surface area contributed by atoms with Crippen molar-refractivity contribution in [2.24, 2.45) is 17.8 Å². The Morgan fingerprint density at radius 3 is 2.79 bits per heavy atom. The zero-order valence-electron chi connectivity index (χ0n) is 16.5. The van der Waals surface area contributed by atoms with Crippen LogP contribution in [0.5, 0.6) is 5.75 Å². The summed E-state index contributed by atoms with van der Waals surface area (Å²) in [6.45, 7) is 1.53. The number of aliphatic hydroxyl groups excluding tert-OH is 1. The number of methoxy groups -OCH3 is 1. The highest BCUT2D eigenvalue weighted by molar-refractivity contribution is 5.84. The average molecular weight is 390 g/mol. The maximum Gasteiger partial charge on any atom is 0.224 e. The van der Waals surface area contributed by atoms with Crippen LogP contribution in [0, 0.1) is 17.8 Å². The molecule has 1 saturated heterocycles. The maximum absolute atomic E-state index is 13.0. The quantitative estimate of drug-likeness (QED) is 0.844. The number of benzene rings is 2. The van der Waals surface area contributed by atoms with E-state index in [1.165, 1.54) is 22.4 Å². The first-order chi connectivity index (χ1) is 14.2. The highest BCUT2D eigenvalue weighted by atomic mass is 16.5. The number of rotatable bonds is 3. The topological polar surface area (TPSA) is 61.8 Å². The summed E-state index contributed by atoms with van der Waals surface area (Å²) in [5, 5.41) is 13.0. The molecule has 2 aromatic rings. The van der Waals surface area contributed by atoms with Crippen LogP contribution < -0.4 is 15.0 Å². The van der Waals surface area contributed by atoms with Gasteiger partial charge in [0.2, 0.25) is 5.91 Å². The lowest BCUT2D eigenvalue weighted by molar-refractivity contribution is -0.125. The van der Waals surface area contributed by atoms with E-state index in [9.17, 15) is 9.90 Å². The standard InChI is InChI=1S/C24H26N2O3/c1-29-14-6-7-15-13(10-14)11-17-20(15)22-18(12-25-24(22)28)21-16-4-2-3-5-19(16)26(8-9-27)23(17)21/h2-7,10,17-18,20-23,27H,8-9,11-12H2,1H3,(H,25,28). The summed E-state index contributed by atoms with van der Waals surface area (Å²) in [6, 6.07) is 15.3. The largest absolute Gasteiger partial charge is 0.497 e. The first-order valence-electron chi connectivity index (χ1n) is 10.6. The number of anilines is 1. The second-order valence-electron chi connectivity index (χ2n) is 8.89. The molecule has 0 aromatic heterocycles. The molecular formula is C24H26N2O3. The minimum Gasteiger partial charge on any atom is -0.497 e. The van der Waals surface area contributed by atoms with Gasteiger partial charge in [-0.1, -0.05) is 24.3 Å². The fourth-order valence-corrected chi connectivity index (χ4v) is 6.98. The Morgan fingerprint density at radius 1 is 1.10 bits per heavy atom. The van der Waals surface area contributed by atoms with Crippen LogP contribution in [0.15, 0.2) is 42.5 Å². The monoisotopic (exact) mass is 390 g/mol. The van der Waals surface area contributed by atoms with Gasteiger partial charge in [-0.25, -0.2) is 0 Å². The molecule has 6 unspecified atom stereocenters. The Balaban J connectivity index is 1.52. The van der Waals surface area contributed by atoms with Crippen molar-refractivity contribution in [3.8, 4) is 5.75 Å². The number of amides is 1. The summed E-state index contributed by atoms with van der Waals surface area (Å²) in [4.78, 5) is 15.4. The van der Waals surface area contributed by atoms with Crippen molar-refractivity contribution in [2.45, 2.75) is 24.3 Å². The van der Waals surface area contributed by atoms with Gasteiger partial charge in [0.15, 0.2) is 0 Å². The second-order valence-corrected chi connectivity index (χ2v) is 8.89. The molecule has 1 amide bonds. The van der Waals surface area contributed by atoms with Crippen molar-refractivity contribution in [1.82, 2.24) is 5.32 Å². The molecule has 0 bridgehead atoms. The molecule has 6 atom stereocenters. The number of ether oxygens (including phenoxy) is 1. The molecule has 6 rings (SSSR count). The summed E-state index contributed by atoms with van der Waals surface area (Å²) >= 11 is 0. The minimum atomic E-state index is 0.0260. The number of hydrogen-bond donors (Lipinski definition) is 2. The van der Waals surface area contributed by atoms with E-state index in [0.717, 1.165) is 18.7 Å². The van der Waals surface area contributed by atoms with Crippen LogP contribution in [0.4, 0.5) is 5.69 Å². The fourth-order valence-electron chi connectivity index (χ4n) is 6.98. The van der Waals surface area contributed by atoms with E-state index in [2.05, 4.69) is 46.6 Å². The van der Waals surface area contributed by atoms with Crippen molar-refractivity contribution in [1.29, 1.82) is 0 Å². The van der Waals surface area contributed by atoms with E-state index in [0.29, 0.717) is 30.3 Å². The van der Waals surface area contributed by atoms with E-state index in [1.807, 2.05) is 6.07 Å². The Labute approximate surface area is 170 Å². The van der Waals surface area contributed by atoms with E-state index in [-0.39, 0.29) is 24.3 Å². The Kier molecular flexibility index (Phi) is 3.73. The molecule has 5 heteroatoms. The lowest BCUT2D eigenvalue weighted by Gasteiger charge is -2.46. The van der Waals surface area contributed by atoms with Crippen LogP contribution in [-0.2, 0) is 11.2 Å². The second kappa shape index (κ2) is 6.23. The van der Waals surface area contributed by atoms with Gasteiger partial charge in [0.05, 0.1) is 19.6 Å². The molecule has 0 radical (unpaired) electrons. The number of nitrogens with zero attached hydrogens (tertiary/aromatic N) is 1. The number of carbonyl (C=O) groups excluding carboxylic acids is 1. The predicted octanol–water partition coefficient (Wildman–Crippen LogP) is 2.29. The van der Waals surface area contributed by atoms with Crippen LogP contribution >= 0.6 is 0 Å². The number of para-hydroxylation sites is 1. The molecule has 2 aliphatic heterocycles. The summed E-state index contributed by atoms with van der Waals surface area (Å²) in [5.74, 6) is 2.36. The highest BCUT2D eigenvalue weighted by Crippen LogP contribution is 2.62. The summed E-state index contributed by atoms with van der Waals surface area (Å²) in [5.41, 5.74) is 5.23. The molecule has 2 N–H and O–H groups in total. The summed E-state index contributed by atoms with van der Waals surface area (Å²) in [7, 11) is 1.71. The van der Waals surface area contributed by atoms with Gasteiger partial charge in [0.1, 0.15) is 5.75 Å². The first-order valence-corrected chi connectivity index (χ1v) is 10.6. The van der Waals surface area contributed by atoms with Crippen molar-refractivity contribution < 1.29 is 14.6 Å². The van der Waals surface area contributed by atoms with E-state index in [1.54, 1.807) is 7.11 Å². The third-order valence-electron chi connectivity index (χ3n) is 7.86. The molecule has 150 valence electrons. The van der Waals surface area contributed by atoms with Crippen LogP contribution in [0.1, 0.15) is 28.5 Å². The molecule has 2 heterocycles. The normalized spacial score (nSPS) is 33.4. The molecule has 1 saturated carbocycles. The summed E-state index contributed by atoms with van der Waals surface area (Å²) in [6.07, 6.45) is 0.963. The number of aliphatic hydroxyl groups is 1. The molecular weight excluding hydrogens is 364 g/mol. The predicted molar refractivity (Wildman–Crippen MR) is 110 cm³/mol. The Hall–Kier alpha value is -2.53. The Bertz CT molecular complexity index is 990. The molecule has 4 aliphatic rings. The molecule has 2 aliphatic carbocycles. The lowest BCUT2D eigenvalue weighted by atomic mass is 9.60. The van der Waals surface area contributed by atoms with Gasteiger partial charge < -0.3 is 20.1 Å². The van der Waals surface area contributed by atoms with Crippen molar-refractivity contribution >= 4 is 11.6 Å². The summed E-state index contributed by atoms with van der Waals surface area (Å²) < 4.78 is 5.47. The van der Waals surface area contributed by atoms with Gasteiger partial charge >= 0.3 is 0 Å². The molecule has 0 spiro atoms. The molecule has 5 nitrogen and oxygen atoms in total. The third kappa shape index (κ3) is 2.22. The van der Waals surface area contributed by atoms with Gasteiger partial charge in [-0.05, 0) is 53.1 Å². The van der Waals surface area contributed by atoms with Crippen LogP contribution in [-0.4, -0.2) is 43.9 Å². The van der Waals surface area contributed by atoms with Crippen LogP contribution in [0.2, 0.25) is 0 Å². The number of fused-ring (bicyclic) bond motifs is 10. The van der Waals surface area contributed by atoms with Gasteiger partial charge in [-0.2, -0.15) is 0 Å². The van der Waals surface area contributed by atoms with Gasteiger partial charge in [-0.15, -0.1) is 0 Å². The van der Waals surface area contributed by atoms with Crippen molar-refractivity contribution in [2.75, 3.05) is 31.7 Å². The SMILES string of the molecule is COc1ccc2c(c1)CC1C2C2C(=O)NCC2C2c3ccccc3N(CCO)C12. The maximum atomic E-state index is 13.0.